The van der Waals surface area contributed by atoms with E-state index in [0.717, 1.165) is 5.56 Å². The van der Waals surface area contributed by atoms with E-state index in [1.165, 1.54) is 4.88 Å². The molecule has 0 radical (unpaired) electrons. The highest BCUT2D eigenvalue weighted by molar-refractivity contribution is 7.09. The Balaban J connectivity index is 2.33. The number of aromatic amines is 1. The van der Waals surface area contributed by atoms with Gasteiger partial charge in [0.05, 0.1) is 5.56 Å². The average molecular weight is 195 g/mol. The van der Waals surface area contributed by atoms with Crippen LogP contribution >= 0.6 is 11.3 Å². The third-order valence-electron chi connectivity index (χ3n) is 1.93. The minimum absolute atomic E-state index is 0.120. The lowest BCUT2D eigenvalue weighted by molar-refractivity contribution is 0.391. The molecule has 0 unspecified atom stereocenters. The summed E-state index contributed by atoms with van der Waals surface area (Å²) >= 11 is 1.64. The van der Waals surface area contributed by atoms with Crippen LogP contribution in [-0.2, 0) is 6.42 Å². The monoisotopic (exact) mass is 195 g/mol. The van der Waals surface area contributed by atoms with Crippen LogP contribution in [0.15, 0.2) is 26.8 Å². The Morgan fingerprint density at radius 3 is 3.00 bits per heavy atom. The quantitative estimate of drug-likeness (QED) is 0.795. The summed E-state index contributed by atoms with van der Waals surface area (Å²) in [5, 5.41) is 4.32. The Labute approximate surface area is 79.0 Å². The topological polar surface area (TPSA) is 46.0 Å². The van der Waals surface area contributed by atoms with Crippen molar-refractivity contribution in [2.24, 2.45) is 0 Å². The van der Waals surface area contributed by atoms with Gasteiger partial charge in [0.1, 0.15) is 5.76 Å². The molecule has 0 saturated heterocycles. The molecule has 0 spiro atoms. The number of aryl methyl sites for hydroxylation is 1. The molecule has 0 aromatic carbocycles. The number of hydrogen-bond acceptors (Lipinski definition) is 3. The molecule has 0 amide bonds. The van der Waals surface area contributed by atoms with E-state index in [1.54, 1.807) is 18.3 Å². The van der Waals surface area contributed by atoms with Gasteiger partial charge in [0.15, 0.2) is 0 Å². The van der Waals surface area contributed by atoms with Crippen molar-refractivity contribution in [3.05, 3.63) is 44.1 Å². The molecule has 1 N–H and O–H groups in total. The first-order valence-electron chi connectivity index (χ1n) is 3.96. The van der Waals surface area contributed by atoms with Gasteiger partial charge in [0.2, 0.25) is 0 Å². The van der Waals surface area contributed by atoms with E-state index in [2.05, 4.69) is 5.16 Å². The van der Waals surface area contributed by atoms with Crippen molar-refractivity contribution >= 4 is 11.3 Å². The summed E-state index contributed by atoms with van der Waals surface area (Å²) in [4.78, 5) is 12.4. The summed E-state index contributed by atoms with van der Waals surface area (Å²) in [6, 6.07) is 3.99. The van der Waals surface area contributed by atoms with Gasteiger partial charge in [-0.25, -0.2) is 0 Å². The first kappa shape index (κ1) is 8.31. The molecule has 0 aliphatic rings. The number of aromatic nitrogens is 1. The van der Waals surface area contributed by atoms with Crippen LogP contribution in [0.2, 0.25) is 0 Å². The summed E-state index contributed by atoms with van der Waals surface area (Å²) in [5.41, 5.74) is 0.605. The Bertz CT molecular complexity index is 438. The van der Waals surface area contributed by atoms with Gasteiger partial charge in [-0.15, -0.1) is 11.3 Å². The highest BCUT2D eigenvalue weighted by Gasteiger charge is 2.09. The lowest BCUT2D eigenvalue weighted by atomic mass is 10.2. The van der Waals surface area contributed by atoms with Crippen LogP contribution in [0.5, 0.6) is 0 Å². The Kier molecular flexibility index (Phi) is 2.06. The molecule has 0 atom stereocenters. The fraction of sp³-hybridized carbons (Fsp3) is 0.222. The minimum Gasteiger partial charge on any atom is -0.384 e. The average Bonchev–Trinajstić information content (AvgIpc) is 2.70. The van der Waals surface area contributed by atoms with Crippen LogP contribution in [0.4, 0.5) is 0 Å². The van der Waals surface area contributed by atoms with Gasteiger partial charge in [-0.05, 0) is 18.4 Å². The summed E-state index contributed by atoms with van der Waals surface area (Å²) in [6.07, 6.45) is 0.662. The van der Waals surface area contributed by atoms with E-state index in [-0.39, 0.29) is 5.56 Å². The predicted octanol–water partition coefficient (Wildman–Crippen LogP) is 1.93. The first-order chi connectivity index (χ1) is 6.27. The standard InChI is InChI=1S/C9H9NO2S/c1-6-8(9(11)10-12-6)5-7-3-2-4-13-7/h2-4H,5H2,1H3,(H,10,11). The van der Waals surface area contributed by atoms with Crippen LogP contribution in [0, 0.1) is 6.92 Å². The van der Waals surface area contributed by atoms with Gasteiger partial charge in [0, 0.05) is 11.3 Å². The number of hydrogen-bond donors (Lipinski definition) is 1. The van der Waals surface area contributed by atoms with Crippen molar-refractivity contribution in [1.29, 1.82) is 0 Å². The SMILES string of the molecule is Cc1o[nH]c(=O)c1Cc1cccs1. The van der Waals surface area contributed by atoms with Crippen molar-refractivity contribution in [1.82, 2.24) is 5.16 Å². The van der Waals surface area contributed by atoms with Gasteiger partial charge < -0.3 is 4.52 Å². The molecule has 4 heteroatoms. The van der Waals surface area contributed by atoms with Crippen molar-refractivity contribution in [3.63, 3.8) is 0 Å². The van der Waals surface area contributed by atoms with Gasteiger partial charge >= 0.3 is 0 Å². The minimum atomic E-state index is -0.120. The second kappa shape index (κ2) is 3.22. The summed E-state index contributed by atoms with van der Waals surface area (Å²) in [5.74, 6) is 0.679. The van der Waals surface area contributed by atoms with Gasteiger partial charge in [-0.1, -0.05) is 6.07 Å². The van der Waals surface area contributed by atoms with E-state index < -0.39 is 0 Å². The lowest BCUT2D eigenvalue weighted by Crippen LogP contribution is -2.05. The Morgan fingerprint density at radius 1 is 1.62 bits per heavy atom. The summed E-state index contributed by atoms with van der Waals surface area (Å²) < 4.78 is 4.91. The molecule has 68 valence electrons. The second-order valence-corrected chi connectivity index (χ2v) is 3.86. The molecule has 0 saturated carbocycles. The van der Waals surface area contributed by atoms with Crippen LogP contribution in [0.25, 0.3) is 0 Å². The van der Waals surface area contributed by atoms with Crippen LogP contribution in [0.3, 0.4) is 0 Å². The maximum Gasteiger partial charge on any atom is 0.283 e. The lowest BCUT2D eigenvalue weighted by Gasteiger charge is -1.91. The first-order valence-corrected chi connectivity index (χ1v) is 4.84. The van der Waals surface area contributed by atoms with E-state index in [1.807, 2.05) is 17.5 Å². The Morgan fingerprint density at radius 2 is 2.46 bits per heavy atom. The summed E-state index contributed by atoms with van der Waals surface area (Å²) in [7, 11) is 0. The number of nitrogens with one attached hydrogen (secondary N) is 1. The van der Waals surface area contributed by atoms with E-state index in [0.29, 0.717) is 12.2 Å². The number of H-pyrrole nitrogens is 1. The van der Waals surface area contributed by atoms with Crippen molar-refractivity contribution in [3.8, 4) is 0 Å². The fourth-order valence-corrected chi connectivity index (χ4v) is 1.91. The largest absolute Gasteiger partial charge is 0.384 e. The fourth-order valence-electron chi connectivity index (χ4n) is 1.20. The van der Waals surface area contributed by atoms with Crippen molar-refractivity contribution < 1.29 is 4.52 Å². The highest BCUT2D eigenvalue weighted by atomic mass is 32.1. The molecule has 2 aromatic heterocycles. The van der Waals surface area contributed by atoms with Gasteiger partial charge in [0.25, 0.3) is 5.56 Å². The van der Waals surface area contributed by atoms with Crippen LogP contribution in [-0.4, -0.2) is 5.16 Å². The van der Waals surface area contributed by atoms with Crippen LogP contribution < -0.4 is 5.56 Å². The Hall–Kier alpha value is -1.29. The number of thiophene rings is 1. The molecule has 13 heavy (non-hydrogen) atoms. The predicted molar refractivity (Wildman–Crippen MR) is 51.2 cm³/mol. The van der Waals surface area contributed by atoms with E-state index in [4.69, 9.17) is 4.52 Å². The maximum atomic E-state index is 11.2. The molecular formula is C9H9NO2S. The van der Waals surface area contributed by atoms with E-state index >= 15 is 0 Å². The smallest absolute Gasteiger partial charge is 0.283 e. The summed E-state index contributed by atoms with van der Waals surface area (Å²) in [6.45, 7) is 1.79. The zero-order valence-electron chi connectivity index (χ0n) is 7.16. The molecule has 2 heterocycles. The zero-order chi connectivity index (χ0) is 9.26. The molecule has 0 bridgehead atoms. The normalized spacial score (nSPS) is 10.5. The van der Waals surface area contributed by atoms with Crippen molar-refractivity contribution in [2.45, 2.75) is 13.3 Å². The van der Waals surface area contributed by atoms with Crippen LogP contribution in [0.1, 0.15) is 16.2 Å². The molecule has 0 aliphatic heterocycles. The maximum absolute atomic E-state index is 11.2. The molecule has 0 fully saturated rings. The van der Waals surface area contributed by atoms with Gasteiger partial charge in [-0.3, -0.25) is 4.79 Å². The molecule has 2 rings (SSSR count). The van der Waals surface area contributed by atoms with Crippen molar-refractivity contribution in [2.75, 3.05) is 0 Å². The number of rotatable bonds is 2. The zero-order valence-corrected chi connectivity index (χ0v) is 7.98. The molecular weight excluding hydrogens is 186 g/mol. The molecule has 2 aromatic rings. The van der Waals surface area contributed by atoms with E-state index in [9.17, 15) is 4.79 Å². The molecule has 3 nitrogen and oxygen atoms in total. The molecule has 0 aliphatic carbocycles. The van der Waals surface area contributed by atoms with Gasteiger partial charge in [-0.2, -0.15) is 5.16 Å². The third-order valence-corrected chi connectivity index (χ3v) is 2.80. The second-order valence-electron chi connectivity index (χ2n) is 2.82. The highest BCUT2D eigenvalue weighted by Crippen LogP contribution is 2.14. The third kappa shape index (κ3) is 1.58.